The van der Waals surface area contributed by atoms with Crippen LogP contribution in [0.1, 0.15) is 24.2 Å². The number of carboxylic acid groups (broad SMARTS) is 1. The normalized spacial score (nSPS) is 9.76. The highest BCUT2D eigenvalue weighted by atomic mass is 16.4. The molecule has 0 saturated heterocycles. The van der Waals surface area contributed by atoms with E-state index in [1.807, 2.05) is 13.8 Å². The van der Waals surface area contributed by atoms with Gasteiger partial charge in [-0.25, -0.2) is 14.6 Å². The number of pyridine rings is 1. The van der Waals surface area contributed by atoms with E-state index >= 15 is 0 Å². The molecule has 1 aromatic rings. The lowest BCUT2D eigenvalue weighted by Gasteiger charge is -2.19. The minimum atomic E-state index is -1.12. The summed E-state index contributed by atoms with van der Waals surface area (Å²) >= 11 is 0. The van der Waals surface area contributed by atoms with Gasteiger partial charge in [0.1, 0.15) is 11.4 Å². The van der Waals surface area contributed by atoms with E-state index in [2.05, 4.69) is 10.3 Å². The second kappa shape index (κ2) is 5.83. The Hall–Kier alpha value is -2.11. The summed E-state index contributed by atoms with van der Waals surface area (Å²) in [5.74, 6) is -1.05. The van der Waals surface area contributed by atoms with Gasteiger partial charge in [0.2, 0.25) is 0 Å². The second-order valence-electron chi connectivity index (χ2n) is 3.31. The summed E-state index contributed by atoms with van der Waals surface area (Å²) in [7, 11) is 0. The second-order valence-corrected chi connectivity index (χ2v) is 3.31. The third-order valence-electron chi connectivity index (χ3n) is 2.31. The molecule has 0 aromatic carbocycles. The first-order valence-electron chi connectivity index (χ1n) is 5.34. The minimum absolute atomic E-state index is 0.0204. The predicted octanol–water partition coefficient (Wildman–Crippen LogP) is 1.65. The monoisotopic (exact) mass is 237 g/mol. The Morgan fingerprint density at radius 1 is 1.41 bits per heavy atom. The number of aromatic carboxylic acids is 1. The van der Waals surface area contributed by atoms with Crippen molar-refractivity contribution in [1.82, 2.24) is 9.88 Å². The quantitative estimate of drug-likeness (QED) is 0.834. The number of rotatable bonds is 4. The zero-order chi connectivity index (χ0) is 12.8. The van der Waals surface area contributed by atoms with E-state index in [0.29, 0.717) is 13.1 Å². The van der Waals surface area contributed by atoms with Crippen molar-refractivity contribution in [3.8, 4) is 0 Å². The van der Waals surface area contributed by atoms with Gasteiger partial charge in [-0.15, -0.1) is 0 Å². The van der Waals surface area contributed by atoms with Crippen LogP contribution in [0.15, 0.2) is 18.3 Å². The van der Waals surface area contributed by atoms with Crippen LogP contribution in [0.3, 0.4) is 0 Å². The van der Waals surface area contributed by atoms with Gasteiger partial charge in [0.25, 0.3) is 0 Å². The lowest BCUT2D eigenvalue weighted by molar-refractivity contribution is 0.0697. The largest absolute Gasteiger partial charge is 0.478 e. The number of carbonyl (C=O) groups excluding carboxylic acids is 1. The first-order valence-corrected chi connectivity index (χ1v) is 5.34. The molecule has 0 saturated carbocycles. The number of hydrogen-bond acceptors (Lipinski definition) is 3. The lowest BCUT2D eigenvalue weighted by Crippen LogP contribution is -2.35. The van der Waals surface area contributed by atoms with Gasteiger partial charge in [-0.2, -0.15) is 0 Å². The molecule has 0 bridgehead atoms. The van der Waals surface area contributed by atoms with Crippen LogP contribution in [0, 0.1) is 0 Å². The molecule has 92 valence electrons. The van der Waals surface area contributed by atoms with E-state index in [4.69, 9.17) is 5.11 Å². The van der Waals surface area contributed by atoms with Crippen LogP contribution in [0.4, 0.5) is 10.6 Å². The molecule has 17 heavy (non-hydrogen) atoms. The Balaban J connectivity index is 2.88. The Morgan fingerprint density at radius 2 is 2.06 bits per heavy atom. The molecular weight excluding hydrogens is 222 g/mol. The summed E-state index contributed by atoms with van der Waals surface area (Å²) in [5, 5.41) is 11.4. The Kier molecular flexibility index (Phi) is 4.45. The highest BCUT2D eigenvalue weighted by Crippen LogP contribution is 2.11. The zero-order valence-corrected chi connectivity index (χ0v) is 9.80. The van der Waals surface area contributed by atoms with Crippen molar-refractivity contribution in [2.75, 3.05) is 18.4 Å². The van der Waals surface area contributed by atoms with Gasteiger partial charge < -0.3 is 10.0 Å². The number of carbonyl (C=O) groups is 2. The molecule has 6 nitrogen and oxygen atoms in total. The third kappa shape index (κ3) is 3.17. The van der Waals surface area contributed by atoms with E-state index in [1.165, 1.54) is 18.3 Å². The Bertz CT molecular complexity index is 416. The summed E-state index contributed by atoms with van der Waals surface area (Å²) in [6.45, 7) is 4.80. The number of carboxylic acids is 1. The fourth-order valence-corrected chi connectivity index (χ4v) is 1.37. The number of amides is 2. The number of anilines is 1. The van der Waals surface area contributed by atoms with Crippen LogP contribution in [0.25, 0.3) is 0 Å². The highest BCUT2D eigenvalue weighted by molar-refractivity contribution is 5.98. The average Bonchev–Trinajstić information content (AvgIpc) is 2.31. The first-order chi connectivity index (χ1) is 8.10. The molecule has 2 amide bonds. The molecule has 0 aliphatic heterocycles. The molecule has 6 heteroatoms. The summed E-state index contributed by atoms with van der Waals surface area (Å²) in [6.07, 6.45) is 1.43. The van der Waals surface area contributed by atoms with E-state index < -0.39 is 5.97 Å². The van der Waals surface area contributed by atoms with Crippen LogP contribution >= 0.6 is 0 Å². The van der Waals surface area contributed by atoms with Gasteiger partial charge in [0.15, 0.2) is 0 Å². The maximum absolute atomic E-state index is 11.7. The summed E-state index contributed by atoms with van der Waals surface area (Å²) in [5.41, 5.74) is -0.0204. The van der Waals surface area contributed by atoms with E-state index in [9.17, 15) is 9.59 Å². The number of urea groups is 1. The van der Waals surface area contributed by atoms with Crippen LogP contribution in [0.5, 0.6) is 0 Å². The molecule has 0 atom stereocenters. The highest BCUT2D eigenvalue weighted by Gasteiger charge is 2.15. The van der Waals surface area contributed by atoms with Crippen molar-refractivity contribution in [1.29, 1.82) is 0 Å². The Morgan fingerprint density at radius 3 is 2.59 bits per heavy atom. The van der Waals surface area contributed by atoms with Crippen LogP contribution in [-0.2, 0) is 0 Å². The van der Waals surface area contributed by atoms with Crippen LogP contribution < -0.4 is 5.32 Å². The van der Waals surface area contributed by atoms with Gasteiger partial charge in [0.05, 0.1) is 0 Å². The van der Waals surface area contributed by atoms with Crippen molar-refractivity contribution in [2.24, 2.45) is 0 Å². The topological polar surface area (TPSA) is 82.5 Å². The van der Waals surface area contributed by atoms with Crippen molar-refractivity contribution < 1.29 is 14.7 Å². The fraction of sp³-hybridized carbons (Fsp3) is 0.364. The van der Waals surface area contributed by atoms with E-state index in [-0.39, 0.29) is 17.4 Å². The van der Waals surface area contributed by atoms with E-state index in [1.54, 1.807) is 4.90 Å². The van der Waals surface area contributed by atoms with Crippen molar-refractivity contribution in [3.05, 3.63) is 23.9 Å². The standard InChI is InChI=1S/C11H15N3O3/c1-3-14(4-2)11(17)13-9-8(10(15)16)6-5-7-12-9/h5-7H,3-4H2,1-2H3,(H,15,16)(H,12,13,17). The Labute approximate surface area is 99.3 Å². The average molecular weight is 237 g/mol. The zero-order valence-electron chi connectivity index (χ0n) is 9.80. The SMILES string of the molecule is CCN(CC)C(=O)Nc1ncccc1C(=O)O. The van der Waals surface area contributed by atoms with Gasteiger partial charge in [0, 0.05) is 19.3 Å². The number of hydrogen-bond donors (Lipinski definition) is 2. The molecular formula is C11H15N3O3. The smallest absolute Gasteiger partial charge is 0.339 e. The van der Waals surface area contributed by atoms with E-state index in [0.717, 1.165) is 0 Å². The van der Waals surface area contributed by atoms with Crippen LogP contribution in [-0.4, -0.2) is 40.1 Å². The van der Waals surface area contributed by atoms with Crippen molar-refractivity contribution in [3.63, 3.8) is 0 Å². The molecule has 1 heterocycles. The fourth-order valence-electron chi connectivity index (χ4n) is 1.37. The van der Waals surface area contributed by atoms with Crippen molar-refractivity contribution in [2.45, 2.75) is 13.8 Å². The lowest BCUT2D eigenvalue weighted by atomic mass is 10.2. The number of nitrogens with one attached hydrogen (secondary N) is 1. The van der Waals surface area contributed by atoms with Gasteiger partial charge in [-0.3, -0.25) is 5.32 Å². The van der Waals surface area contributed by atoms with Crippen LogP contribution in [0.2, 0.25) is 0 Å². The molecule has 0 radical (unpaired) electrons. The molecule has 0 spiro atoms. The number of nitrogens with zero attached hydrogens (tertiary/aromatic N) is 2. The maximum atomic E-state index is 11.7. The summed E-state index contributed by atoms with van der Waals surface area (Å²) in [4.78, 5) is 28.0. The molecule has 0 aliphatic rings. The molecule has 2 N–H and O–H groups in total. The van der Waals surface area contributed by atoms with Gasteiger partial charge in [-0.1, -0.05) is 0 Å². The molecule has 1 rings (SSSR count). The minimum Gasteiger partial charge on any atom is -0.478 e. The molecule has 1 aromatic heterocycles. The summed E-state index contributed by atoms with van der Waals surface area (Å²) in [6, 6.07) is 2.56. The maximum Gasteiger partial charge on any atom is 0.339 e. The molecule has 0 aliphatic carbocycles. The first kappa shape index (κ1) is 13.0. The third-order valence-corrected chi connectivity index (χ3v) is 2.31. The molecule has 0 fully saturated rings. The van der Waals surface area contributed by atoms with Gasteiger partial charge >= 0.3 is 12.0 Å². The number of aromatic nitrogens is 1. The molecule has 0 unspecified atom stereocenters. The summed E-state index contributed by atoms with van der Waals surface area (Å²) < 4.78 is 0. The predicted molar refractivity (Wildman–Crippen MR) is 63.1 cm³/mol. The van der Waals surface area contributed by atoms with Gasteiger partial charge in [-0.05, 0) is 26.0 Å². The van der Waals surface area contributed by atoms with Crippen molar-refractivity contribution >= 4 is 17.8 Å².